The van der Waals surface area contributed by atoms with Crippen molar-refractivity contribution in [3.8, 4) is 0 Å². The van der Waals surface area contributed by atoms with E-state index in [0.717, 1.165) is 17.8 Å². The number of carbonyl (C=O) groups excluding carboxylic acids is 3. The van der Waals surface area contributed by atoms with E-state index >= 15 is 0 Å². The molecule has 0 radical (unpaired) electrons. The minimum absolute atomic E-state index is 0.0293. The normalized spacial score (nSPS) is 18.8. The average Bonchev–Trinajstić information content (AvgIpc) is 3.28. The molecule has 2 aromatic carbocycles. The summed E-state index contributed by atoms with van der Waals surface area (Å²) in [4.78, 5) is 40.7. The number of rotatable bonds is 5. The summed E-state index contributed by atoms with van der Waals surface area (Å²) in [7, 11) is 0. The fourth-order valence-corrected chi connectivity index (χ4v) is 4.75. The number of anilines is 1. The Hall–Kier alpha value is -3.00. The van der Waals surface area contributed by atoms with Crippen LogP contribution in [0.4, 0.5) is 5.69 Å². The standard InChI is InChI=1S/C22H24N4O3S/c27-20-13-25(11-10-23-20)18-8-6-16(7-9-18)12-24-21(28)19-14-30-15-26(19)22(29)17-4-2-1-3-5-17/h1-9,19H,10-15H2,(H,23,27)(H,24,28)/t19-/m0/s1. The molecule has 0 aliphatic carbocycles. The summed E-state index contributed by atoms with van der Waals surface area (Å²) in [5.74, 6) is 0.892. The van der Waals surface area contributed by atoms with Crippen LogP contribution in [0.25, 0.3) is 0 Å². The Morgan fingerprint density at radius 1 is 1.10 bits per heavy atom. The van der Waals surface area contributed by atoms with Gasteiger partial charge < -0.3 is 20.4 Å². The van der Waals surface area contributed by atoms with Gasteiger partial charge in [-0.2, -0.15) is 0 Å². The fraction of sp³-hybridized carbons (Fsp3) is 0.318. The maximum absolute atomic E-state index is 12.7. The van der Waals surface area contributed by atoms with Crippen molar-refractivity contribution >= 4 is 35.2 Å². The van der Waals surface area contributed by atoms with Gasteiger partial charge in [-0.3, -0.25) is 14.4 Å². The predicted octanol–water partition coefficient (Wildman–Crippen LogP) is 1.45. The Balaban J connectivity index is 1.33. The van der Waals surface area contributed by atoms with Gasteiger partial charge in [-0.05, 0) is 29.8 Å². The molecule has 2 aromatic rings. The van der Waals surface area contributed by atoms with E-state index < -0.39 is 6.04 Å². The molecule has 4 rings (SSSR count). The minimum atomic E-state index is -0.464. The highest BCUT2D eigenvalue weighted by Gasteiger charge is 2.34. The third-order valence-electron chi connectivity index (χ3n) is 5.27. The smallest absolute Gasteiger partial charge is 0.255 e. The van der Waals surface area contributed by atoms with E-state index in [1.54, 1.807) is 28.8 Å². The molecule has 1 atom stereocenters. The number of hydrogen-bond donors (Lipinski definition) is 2. The molecule has 2 aliphatic heterocycles. The van der Waals surface area contributed by atoms with Crippen LogP contribution in [-0.2, 0) is 16.1 Å². The van der Waals surface area contributed by atoms with Gasteiger partial charge in [0.25, 0.3) is 5.91 Å². The second-order valence-electron chi connectivity index (χ2n) is 7.31. The molecule has 8 heteroatoms. The van der Waals surface area contributed by atoms with Gasteiger partial charge in [0, 0.05) is 36.6 Å². The quantitative estimate of drug-likeness (QED) is 0.760. The molecule has 2 fully saturated rings. The van der Waals surface area contributed by atoms with Gasteiger partial charge in [0.2, 0.25) is 11.8 Å². The number of piperazine rings is 1. The molecule has 30 heavy (non-hydrogen) atoms. The summed E-state index contributed by atoms with van der Waals surface area (Å²) < 4.78 is 0. The Kier molecular flexibility index (Phi) is 6.23. The lowest BCUT2D eigenvalue weighted by Gasteiger charge is -2.28. The van der Waals surface area contributed by atoms with Crippen LogP contribution in [0.2, 0.25) is 0 Å². The van der Waals surface area contributed by atoms with Gasteiger partial charge in [-0.1, -0.05) is 30.3 Å². The van der Waals surface area contributed by atoms with E-state index in [-0.39, 0.29) is 17.7 Å². The second-order valence-corrected chi connectivity index (χ2v) is 8.31. The number of thioether (sulfide) groups is 1. The lowest BCUT2D eigenvalue weighted by molar-refractivity contribution is -0.124. The molecule has 0 unspecified atom stereocenters. The largest absolute Gasteiger partial charge is 0.360 e. The Morgan fingerprint density at radius 3 is 2.60 bits per heavy atom. The summed E-state index contributed by atoms with van der Waals surface area (Å²) >= 11 is 1.59. The Bertz CT molecular complexity index is 920. The van der Waals surface area contributed by atoms with Crippen molar-refractivity contribution in [3.63, 3.8) is 0 Å². The first kappa shape index (κ1) is 20.3. The molecular formula is C22H24N4O3S. The van der Waals surface area contributed by atoms with E-state index in [0.29, 0.717) is 36.8 Å². The number of hydrogen-bond acceptors (Lipinski definition) is 5. The topological polar surface area (TPSA) is 81.8 Å². The lowest BCUT2D eigenvalue weighted by atomic mass is 10.1. The molecule has 2 saturated heterocycles. The van der Waals surface area contributed by atoms with Crippen molar-refractivity contribution < 1.29 is 14.4 Å². The molecule has 0 spiro atoms. The zero-order chi connectivity index (χ0) is 20.9. The zero-order valence-electron chi connectivity index (χ0n) is 16.5. The third kappa shape index (κ3) is 4.59. The van der Waals surface area contributed by atoms with Gasteiger partial charge in [-0.15, -0.1) is 11.8 Å². The van der Waals surface area contributed by atoms with E-state index in [4.69, 9.17) is 0 Å². The highest BCUT2D eigenvalue weighted by atomic mass is 32.2. The van der Waals surface area contributed by atoms with Gasteiger partial charge >= 0.3 is 0 Å². The van der Waals surface area contributed by atoms with E-state index in [9.17, 15) is 14.4 Å². The minimum Gasteiger partial charge on any atom is -0.360 e. The summed E-state index contributed by atoms with van der Waals surface area (Å²) in [5.41, 5.74) is 2.56. The summed E-state index contributed by atoms with van der Waals surface area (Å²) in [5, 5.41) is 5.78. The van der Waals surface area contributed by atoms with Crippen LogP contribution in [0.5, 0.6) is 0 Å². The Labute approximate surface area is 179 Å². The van der Waals surface area contributed by atoms with Crippen LogP contribution in [0.15, 0.2) is 54.6 Å². The van der Waals surface area contributed by atoms with Gasteiger partial charge in [0.15, 0.2) is 0 Å². The summed E-state index contributed by atoms with van der Waals surface area (Å²) in [6.45, 7) is 2.19. The Morgan fingerprint density at radius 2 is 1.87 bits per heavy atom. The summed E-state index contributed by atoms with van der Waals surface area (Å²) in [6, 6.07) is 16.4. The van der Waals surface area contributed by atoms with Crippen molar-refractivity contribution in [1.29, 1.82) is 0 Å². The predicted molar refractivity (Wildman–Crippen MR) is 117 cm³/mol. The highest BCUT2D eigenvalue weighted by Crippen LogP contribution is 2.23. The third-order valence-corrected chi connectivity index (χ3v) is 6.29. The molecule has 3 amide bonds. The number of nitrogens with one attached hydrogen (secondary N) is 2. The van der Waals surface area contributed by atoms with Crippen molar-refractivity contribution in [2.45, 2.75) is 12.6 Å². The van der Waals surface area contributed by atoms with E-state index in [1.807, 2.05) is 47.4 Å². The number of nitrogens with zero attached hydrogens (tertiary/aromatic N) is 2. The highest BCUT2D eigenvalue weighted by molar-refractivity contribution is 7.99. The number of carbonyl (C=O) groups is 3. The van der Waals surface area contributed by atoms with Gasteiger partial charge in [0.1, 0.15) is 6.04 Å². The molecule has 0 saturated carbocycles. The zero-order valence-corrected chi connectivity index (χ0v) is 17.4. The van der Waals surface area contributed by atoms with Crippen LogP contribution < -0.4 is 15.5 Å². The molecular weight excluding hydrogens is 400 g/mol. The monoisotopic (exact) mass is 424 g/mol. The first-order valence-corrected chi connectivity index (χ1v) is 11.1. The second kappa shape index (κ2) is 9.21. The van der Waals surface area contributed by atoms with Crippen molar-refractivity contribution in [2.75, 3.05) is 36.2 Å². The van der Waals surface area contributed by atoms with Crippen LogP contribution in [0, 0.1) is 0 Å². The van der Waals surface area contributed by atoms with Gasteiger partial charge in [0.05, 0.1) is 12.4 Å². The molecule has 2 aliphatic rings. The first-order chi connectivity index (χ1) is 14.6. The first-order valence-electron chi connectivity index (χ1n) is 9.94. The molecule has 0 bridgehead atoms. The SMILES string of the molecule is O=C1CN(c2ccc(CNC(=O)[C@@H]3CSCN3C(=O)c3ccccc3)cc2)CCN1. The van der Waals surface area contributed by atoms with Crippen molar-refractivity contribution in [1.82, 2.24) is 15.5 Å². The molecule has 156 valence electrons. The van der Waals surface area contributed by atoms with E-state index in [1.165, 1.54) is 0 Å². The van der Waals surface area contributed by atoms with Gasteiger partial charge in [-0.25, -0.2) is 0 Å². The molecule has 0 aromatic heterocycles. The molecule has 7 nitrogen and oxygen atoms in total. The van der Waals surface area contributed by atoms with Crippen molar-refractivity contribution in [2.24, 2.45) is 0 Å². The number of benzene rings is 2. The van der Waals surface area contributed by atoms with Crippen LogP contribution in [0.3, 0.4) is 0 Å². The lowest BCUT2D eigenvalue weighted by Crippen LogP contribution is -2.47. The van der Waals surface area contributed by atoms with Crippen molar-refractivity contribution in [3.05, 3.63) is 65.7 Å². The molecule has 2 heterocycles. The maximum Gasteiger partial charge on any atom is 0.255 e. The maximum atomic E-state index is 12.7. The fourth-order valence-electron chi connectivity index (χ4n) is 3.60. The van der Waals surface area contributed by atoms with Crippen LogP contribution >= 0.6 is 11.8 Å². The van der Waals surface area contributed by atoms with Crippen LogP contribution in [-0.4, -0.2) is 59.9 Å². The molecule has 2 N–H and O–H groups in total. The van der Waals surface area contributed by atoms with Crippen LogP contribution in [0.1, 0.15) is 15.9 Å². The van der Waals surface area contributed by atoms with E-state index in [2.05, 4.69) is 10.6 Å². The average molecular weight is 425 g/mol. The number of amides is 3. The summed E-state index contributed by atoms with van der Waals surface area (Å²) in [6.07, 6.45) is 0.